The smallest absolute Gasteiger partial charge is 0.0866 e. The minimum atomic E-state index is 1.09. The molecule has 2 fully saturated rings. The van der Waals surface area contributed by atoms with Crippen molar-refractivity contribution in [3.05, 3.63) is 11.6 Å². The molecule has 2 aliphatic heterocycles. The van der Waals surface area contributed by atoms with Gasteiger partial charge in [-0.15, -0.1) is 0 Å². The molecule has 0 nitrogen and oxygen atoms in total. The molecule has 0 N–H and O–H groups in total. The van der Waals surface area contributed by atoms with E-state index in [1.165, 1.54) is 56.8 Å². The predicted octanol–water partition coefficient (Wildman–Crippen LogP) is 4.95. The minimum absolute atomic E-state index is 1.09. The van der Waals surface area contributed by atoms with E-state index in [2.05, 4.69) is 19.9 Å². The van der Waals surface area contributed by atoms with E-state index in [0.29, 0.717) is 0 Å². The highest BCUT2D eigenvalue weighted by molar-refractivity contribution is 6.62. The lowest BCUT2D eigenvalue weighted by Gasteiger charge is -2.40. The second-order valence-corrected chi connectivity index (χ2v) is 5.90. The molecule has 1 heteroatoms. The first-order valence-electron chi connectivity index (χ1n) is 6.90. The molecule has 2 saturated heterocycles. The maximum Gasteiger partial charge on any atom is 0.146 e. The lowest BCUT2D eigenvalue weighted by atomic mass is 9.26. The Bertz CT molecular complexity index is 205. The summed E-state index contributed by atoms with van der Waals surface area (Å²) in [5.74, 6) is 2.20. The van der Waals surface area contributed by atoms with Gasteiger partial charge in [-0.2, -0.15) is 0 Å². The van der Waals surface area contributed by atoms with Gasteiger partial charge in [0.25, 0.3) is 0 Å². The molecule has 0 aromatic rings. The summed E-state index contributed by atoms with van der Waals surface area (Å²) in [6.07, 6.45) is 14.4. The van der Waals surface area contributed by atoms with E-state index < -0.39 is 0 Å². The van der Waals surface area contributed by atoms with Gasteiger partial charge >= 0.3 is 0 Å². The molecular weight excluding hydrogens is 179 g/mol. The van der Waals surface area contributed by atoms with Gasteiger partial charge in [-0.25, -0.2) is 0 Å². The van der Waals surface area contributed by atoms with Crippen LogP contribution in [0, 0.1) is 0 Å². The fourth-order valence-electron chi connectivity index (χ4n) is 3.85. The first-order valence-corrected chi connectivity index (χ1v) is 6.90. The van der Waals surface area contributed by atoms with Crippen molar-refractivity contribution in [2.45, 2.75) is 76.7 Å². The van der Waals surface area contributed by atoms with Gasteiger partial charge < -0.3 is 0 Å². The Balaban J connectivity index is 1.87. The van der Waals surface area contributed by atoms with Crippen LogP contribution >= 0.6 is 0 Å². The van der Waals surface area contributed by atoms with Crippen LogP contribution in [0.15, 0.2) is 11.6 Å². The molecule has 0 atom stereocenters. The van der Waals surface area contributed by atoms with Crippen LogP contribution in [-0.2, 0) is 0 Å². The second-order valence-electron chi connectivity index (χ2n) is 5.90. The molecule has 0 aromatic heterocycles. The van der Waals surface area contributed by atoms with Crippen molar-refractivity contribution in [1.82, 2.24) is 0 Å². The van der Waals surface area contributed by atoms with E-state index in [0.717, 1.165) is 18.3 Å². The average Bonchev–Trinajstić information content (AvgIpc) is 2.16. The van der Waals surface area contributed by atoms with E-state index in [9.17, 15) is 0 Å². The molecule has 0 radical (unpaired) electrons. The van der Waals surface area contributed by atoms with Gasteiger partial charge in [0.1, 0.15) is 6.71 Å². The highest BCUT2D eigenvalue weighted by Crippen LogP contribution is 2.47. The van der Waals surface area contributed by atoms with Crippen LogP contribution in [0.3, 0.4) is 0 Å². The van der Waals surface area contributed by atoms with Crippen molar-refractivity contribution in [3.8, 4) is 0 Å². The molecule has 0 unspecified atom stereocenters. The van der Waals surface area contributed by atoms with Crippen molar-refractivity contribution >= 4 is 6.71 Å². The predicted molar refractivity (Wildman–Crippen MR) is 69.8 cm³/mol. The quantitative estimate of drug-likeness (QED) is 0.451. The molecule has 0 saturated carbocycles. The molecule has 0 spiro atoms. The Labute approximate surface area is 95.6 Å². The minimum Gasteiger partial charge on any atom is -0.0866 e. The number of fused-ring (bicyclic) bond motifs is 2. The summed E-state index contributed by atoms with van der Waals surface area (Å²) in [6.45, 7) is 5.53. The van der Waals surface area contributed by atoms with Gasteiger partial charge in [-0.05, 0) is 20.3 Å². The van der Waals surface area contributed by atoms with E-state index in [1.807, 2.05) is 0 Å². The van der Waals surface area contributed by atoms with Crippen molar-refractivity contribution in [2.24, 2.45) is 0 Å². The van der Waals surface area contributed by atoms with E-state index in [4.69, 9.17) is 0 Å². The van der Waals surface area contributed by atoms with Crippen LogP contribution in [0.1, 0.15) is 58.8 Å². The van der Waals surface area contributed by atoms with Crippen LogP contribution in [0.25, 0.3) is 0 Å². The third-order valence-corrected chi connectivity index (χ3v) is 4.56. The van der Waals surface area contributed by atoms with Gasteiger partial charge in [0.2, 0.25) is 0 Å². The molecule has 0 amide bonds. The largest absolute Gasteiger partial charge is 0.146 e. The summed E-state index contributed by atoms with van der Waals surface area (Å²) < 4.78 is 0. The maximum absolute atomic E-state index is 2.43. The number of allylic oxidation sites excluding steroid dienone is 2. The second kappa shape index (κ2) is 5.23. The number of hydrogen-bond acceptors (Lipinski definition) is 0. The first kappa shape index (κ1) is 11.3. The van der Waals surface area contributed by atoms with Crippen LogP contribution in [0.5, 0.6) is 0 Å². The molecule has 2 rings (SSSR count). The van der Waals surface area contributed by atoms with Crippen LogP contribution < -0.4 is 0 Å². The number of rotatable bonds is 3. The molecule has 15 heavy (non-hydrogen) atoms. The van der Waals surface area contributed by atoms with Gasteiger partial charge in [-0.3, -0.25) is 0 Å². The van der Waals surface area contributed by atoms with E-state index >= 15 is 0 Å². The monoisotopic (exact) mass is 204 g/mol. The summed E-state index contributed by atoms with van der Waals surface area (Å²) in [4.78, 5) is 0. The van der Waals surface area contributed by atoms with Gasteiger partial charge in [-0.1, -0.05) is 68.1 Å². The van der Waals surface area contributed by atoms with Crippen molar-refractivity contribution in [2.75, 3.05) is 0 Å². The topological polar surface area (TPSA) is 0 Å². The van der Waals surface area contributed by atoms with E-state index in [1.54, 1.807) is 0 Å². The molecule has 2 aliphatic rings. The zero-order chi connectivity index (χ0) is 10.7. The third-order valence-electron chi connectivity index (χ3n) is 4.56. The van der Waals surface area contributed by atoms with Crippen LogP contribution in [0.2, 0.25) is 18.0 Å². The lowest BCUT2D eigenvalue weighted by Crippen LogP contribution is -2.34. The molecule has 84 valence electrons. The molecule has 0 aromatic carbocycles. The lowest BCUT2D eigenvalue weighted by molar-refractivity contribution is 0.441. The Hall–Kier alpha value is -0.195. The Kier molecular flexibility index (Phi) is 3.94. The summed E-state index contributed by atoms with van der Waals surface area (Å²) in [5, 5.41) is 0. The molecular formula is C14H25B. The van der Waals surface area contributed by atoms with Crippen molar-refractivity contribution in [1.29, 1.82) is 0 Å². The van der Waals surface area contributed by atoms with Gasteiger partial charge in [0, 0.05) is 0 Å². The highest BCUT2D eigenvalue weighted by Gasteiger charge is 2.37. The molecule has 0 aliphatic carbocycles. The fourth-order valence-corrected chi connectivity index (χ4v) is 3.85. The van der Waals surface area contributed by atoms with Gasteiger partial charge in [0.15, 0.2) is 0 Å². The van der Waals surface area contributed by atoms with Crippen LogP contribution in [-0.4, -0.2) is 6.71 Å². The number of hydrogen-bond donors (Lipinski definition) is 0. The Morgan fingerprint density at radius 1 is 1.07 bits per heavy atom. The summed E-state index contributed by atoms with van der Waals surface area (Å²) in [6, 6.07) is 0. The maximum atomic E-state index is 2.43. The highest BCUT2D eigenvalue weighted by atomic mass is 14.2. The van der Waals surface area contributed by atoms with Gasteiger partial charge in [0.05, 0.1) is 0 Å². The Morgan fingerprint density at radius 3 is 2.07 bits per heavy atom. The Morgan fingerprint density at radius 2 is 1.60 bits per heavy atom. The third kappa shape index (κ3) is 2.89. The standard InChI is InChI=1S/C14H25B/c1-12(2)6-5-11-15-13-7-3-8-14(15)10-4-9-13/h6,13-14H,3-5,7-11H2,1-2H3. The first-order chi connectivity index (χ1) is 7.27. The zero-order valence-corrected chi connectivity index (χ0v) is 10.5. The summed E-state index contributed by atoms with van der Waals surface area (Å²) in [7, 11) is 0. The fraction of sp³-hybridized carbons (Fsp3) is 0.857. The van der Waals surface area contributed by atoms with Crippen molar-refractivity contribution in [3.63, 3.8) is 0 Å². The average molecular weight is 204 g/mol. The van der Waals surface area contributed by atoms with E-state index in [-0.39, 0.29) is 0 Å². The molecule has 2 bridgehead atoms. The summed E-state index contributed by atoms with van der Waals surface area (Å²) >= 11 is 0. The van der Waals surface area contributed by atoms with Crippen molar-refractivity contribution < 1.29 is 0 Å². The SMILES string of the molecule is CC(C)=CCCB1C2CCCC1CCC2. The van der Waals surface area contributed by atoms with Crippen LogP contribution in [0.4, 0.5) is 0 Å². The summed E-state index contributed by atoms with van der Waals surface area (Å²) in [5.41, 5.74) is 1.50. The normalized spacial score (nSPS) is 30.1. The zero-order valence-electron chi connectivity index (χ0n) is 10.5. The molecule has 2 heterocycles.